The second-order valence-electron chi connectivity index (χ2n) is 13.7. The summed E-state index contributed by atoms with van der Waals surface area (Å²) < 4.78 is 6.40. The molecule has 5 fully saturated rings. The maximum Gasteiger partial charge on any atom is 0.326 e. The Morgan fingerprint density at radius 1 is 0.800 bits per heavy atom. The largest absolute Gasteiger partial charge is 0.458 e. The van der Waals surface area contributed by atoms with E-state index in [0.29, 0.717) is 41.3 Å². The van der Waals surface area contributed by atoms with Crippen molar-refractivity contribution in [2.45, 2.75) is 75.0 Å². The second kappa shape index (κ2) is 12.5. The van der Waals surface area contributed by atoms with E-state index in [9.17, 15) is 14.4 Å². The monoisotopic (exact) mass is 625 g/mol. The van der Waals surface area contributed by atoms with Crippen LogP contribution in [0.2, 0.25) is 5.02 Å². The molecule has 8 heteroatoms. The van der Waals surface area contributed by atoms with Gasteiger partial charge in [-0.2, -0.15) is 0 Å². The summed E-state index contributed by atoms with van der Waals surface area (Å²) in [5, 5.41) is 6.25. The number of hydrogen-bond donors (Lipinski definition) is 2. The number of halogens is 1. The number of amides is 3. The summed E-state index contributed by atoms with van der Waals surface area (Å²) in [6, 6.07) is 25.1. The van der Waals surface area contributed by atoms with Crippen molar-refractivity contribution >= 4 is 35.2 Å². The lowest BCUT2D eigenvalue weighted by atomic mass is 9.54. The summed E-state index contributed by atoms with van der Waals surface area (Å²) in [7, 11) is 0. The first-order valence-corrected chi connectivity index (χ1v) is 16.7. The average Bonchev–Trinajstić information content (AvgIpc) is 3.13. The molecular weight excluding hydrogens is 586 g/mol. The number of esters is 1. The van der Waals surface area contributed by atoms with Gasteiger partial charge in [0.15, 0.2) is 0 Å². The Bertz CT molecular complexity index is 1510. The molecule has 3 aromatic carbocycles. The SMILES string of the molecule is O=C(Nc1cccc(Cl)c1)NC1CC(c2ccccc2)CC(c2ccccc2)N(CC(=O)OC23CC4CC(CC(C4)C2)C3)C1=O. The molecule has 2 N–H and O–H groups in total. The van der Waals surface area contributed by atoms with Crippen LogP contribution in [0.5, 0.6) is 0 Å². The van der Waals surface area contributed by atoms with E-state index in [2.05, 4.69) is 22.8 Å². The Labute approximate surface area is 269 Å². The summed E-state index contributed by atoms with van der Waals surface area (Å²) >= 11 is 6.13. The third-order valence-corrected chi connectivity index (χ3v) is 10.7. The minimum Gasteiger partial charge on any atom is -0.458 e. The molecule has 1 heterocycles. The zero-order valence-corrected chi connectivity index (χ0v) is 26.1. The van der Waals surface area contributed by atoms with Gasteiger partial charge in [0.25, 0.3) is 0 Å². The van der Waals surface area contributed by atoms with Gasteiger partial charge in [-0.1, -0.05) is 78.3 Å². The quantitative estimate of drug-likeness (QED) is 0.266. The molecule has 3 amide bonds. The third kappa shape index (κ3) is 6.60. The first-order chi connectivity index (χ1) is 21.8. The van der Waals surface area contributed by atoms with Crippen LogP contribution in [0.15, 0.2) is 84.9 Å². The molecule has 7 nitrogen and oxygen atoms in total. The molecule has 3 aromatic rings. The average molecular weight is 626 g/mol. The maximum atomic E-state index is 14.5. The first-order valence-electron chi connectivity index (χ1n) is 16.3. The molecule has 234 valence electrons. The highest BCUT2D eigenvalue weighted by Gasteiger charge is 2.53. The minimum atomic E-state index is -0.851. The van der Waals surface area contributed by atoms with Crippen molar-refractivity contribution in [2.75, 3.05) is 11.9 Å². The van der Waals surface area contributed by atoms with Crippen LogP contribution in [0.4, 0.5) is 10.5 Å². The van der Waals surface area contributed by atoms with Crippen molar-refractivity contribution in [3.05, 3.63) is 101 Å². The van der Waals surface area contributed by atoms with Crippen molar-refractivity contribution in [3.8, 4) is 0 Å². The number of nitrogens with zero attached hydrogens (tertiary/aromatic N) is 1. The Morgan fingerprint density at radius 2 is 1.42 bits per heavy atom. The predicted molar refractivity (Wildman–Crippen MR) is 174 cm³/mol. The summed E-state index contributed by atoms with van der Waals surface area (Å²) in [6.07, 6.45) is 7.57. The van der Waals surface area contributed by atoms with Gasteiger partial charge in [-0.3, -0.25) is 9.59 Å². The predicted octanol–water partition coefficient (Wildman–Crippen LogP) is 7.49. The number of carbonyl (C=O) groups is 3. The summed E-state index contributed by atoms with van der Waals surface area (Å²) in [5.74, 6) is 1.23. The number of ether oxygens (including phenoxy) is 1. The number of rotatable bonds is 7. The fourth-order valence-electron chi connectivity index (χ4n) is 8.99. The molecule has 0 radical (unpaired) electrons. The lowest BCUT2D eigenvalue weighted by molar-refractivity contribution is -0.189. The smallest absolute Gasteiger partial charge is 0.326 e. The van der Waals surface area contributed by atoms with Gasteiger partial charge in [-0.15, -0.1) is 0 Å². The molecule has 0 spiro atoms. The van der Waals surface area contributed by atoms with Crippen molar-refractivity contribution in [2.24, 2.45) is 17.8 Å². The van der Waals surface area contributed by atoms with E-state index in [4.69, 9.17) is 16.3 Å². The summed E-state index contributed by atoms with van der Waals surface area (Å²) in [6.45, 7) is -0.157. The van der Waals surface area contributed by atoms with Crippen LogP contribution in [0.1, 0.15) is 74.5 Å². The van der Waals surface area contributed by atoms with E-state index < -0.39 is 17.7 Å². The van der Waals surface area contributed by atoms with Crippen LogP contribution in [0, 0.1) is 17.8 Å². The molecule has 4 bridgehead atoms. The fraction of sp³-hybridized carbons (Fsp3) is 0.432. The van der Waals surface area contributed by atoms with E-state index in [0.717, 1.165) is 30.4 Å². The number of urea groups is 1. The molecule has 0 aromatic heterocycles. The van der Waals surface area contributed by atoms with Crippen molar-refractivity contribution in [1.29, 1.82) is 0 Å². The first kappa shape index (κ1) is 29.8. The van der Waals surface area contributed by atoms with Crippen LogP contribution in [0.25, 0.3) is 0 Å². The standard InChI is InChI=1S/C37H40ClN3O4/c38-30-12-7-13-31(19-30)39-36(44)40-32-17-29(27-8-3-1-4-9-27)18-33(28-10-5-2-6-11-28)41(35(32)43)23-34(42)45-37-20-24-14-25(21-37)16-26(15-24)22-37/h1-13,19,24-26,29,32-33H,14-18,20-23H2,(H2,39,40,44). The van der Waals surface area contributed by atoms with Crippen LogP contribution >= 0.6 is 11.6 Å². The zero-order valence-electron chi connectivity index (χ0n) is 25.4. The molecule has 4 aliphatic carbocycles. The molecule has 1 aliphatic heterocycles. The maximum absolute atomic E-state index is 14.5. The second-order valence-corrected chi connectivity index (χ2v) is 14.1. The molecule has 1 saturated heterocycles. The number of likely N-dealkylation sites (tertiary alicyclic amines) is 1. The molecular formula is C37H40ClN3O4. The Kier molecular flexibility index (Phi) is 8.30. The van der Waals surface area contributed by atoms with Gasteiger partial charge < -0.3 is 20.3 Å². The molecule has 45 heavy (non-hydrogen) atoms. The number of carbonyl (C=O) groups excluding carboxylic acids is 3. The normalized spacial score (nSPS) is 30.4. The summed E-state index contributed by atoms with van der Waals surface area (Å²) in [5.41, 5.74) is 2.17. The van der Waals surface area contributed by atoms with Crippen molar-refractivity contribution < 1.29 is 19.1 Å². The molecule has 3 unspecified atom stereocenters. The van der Waals surface area contributed by atoms with Gasteiger partial charge in [-0.25, -0.2) is 4.79 Å². The zero-order chi connectivity index (χ0) is 31.0. The number of anilines is 1. The molecule has 5 aliphatic rings. The number of nitrogens with one attached hydrogen (secondary N) is 2. The summed E-state index contributed by atoms with van der Waals surface area (Å²) in [4.78, 5) is 43.3. The van der Waals surface area contributed by atoms with Crippen molar-refractivity contribution in [3.63, 3.8) is 0 Å². The van der Waals surface area contributed by atoms with Crippen LogP contribution < -0.4 is 10.6 Å². The van der Waals surface area contributed by atoms with Crippen LogP contribution in [0.3, 0.4) is 0 Å². The van der Waals surface area contributed by atoms with Gasteiger partial charge >= 0.3 is 12.0 Å². The molecule has 3 atom stereocenters. The van der Waals surface area contributed by atoms with Gasteiger partial charge in [0.2, 0.25) is 5.91 Å². The molecule has 8 rings (SSSR count). The Balaban J connectivity index is 1.17. The van der Waals surface area contributed by atoms with E-state index in [1.165, 1.54) is 19.3 Å². The van der Waals surface area contributed by atoms with Gasteiger partial charge in [0, 0.05) is 10.7 Å². The third-order valence-electron chi connectivity index (χ3n) is 10.4. The van der Waals surface area contributed by atoms with E-state index in [1.807, 2.05) is 48.5 Å². The van der Waals surface area contributed by atoms with E-state index >= 15 is 0 Å². The van der Waals surface area contributed by atoms with Crippen molar-refractivity contribution in [1.82, 2.24) is 10.2 Å². The molecule has 4 saturated carbocycles. The highest BCUT2D eigenvalue weighted by molar-refractivity contribution is 6.30. The van der Waals surface area contributed by atoms with Crippen LogP contribution in [-0.2, 0) is 14.3 Å². The number of hydrogen-bond acceptors (Lipinski definition) is 4. The topological polar surface area (TPSA) is 87.7 Å². The Hall–Kier alpha value is -3.84. The van der Waals surface area contributed by atoms with E-state index in [-0.39, 0.29) is 30.4 Å². The Morgan fingerprint density at radius 3 is 2.04 bits per heavy atom. The lowest BCUT2D eigenvalue weighted by Crippen LogP contribution is -2.54. The van der Waals surface area contributed by atoms with E-state index in [1.54, 1.807) is 29.2 Å². The fourth-order valence-corrected chi connectivity index (χ4v) is 9.18. The van der Waals surface area contributed by atoms with Gasteiger partial charge in [0.1, 0.15) is 18.2 Å². The van der Waals surface area contributed by atoms with Gasteiger partial charge in [-0.05, 0) is 104 Å². The highest BCUT2D eigenvalue weighted by atomic mass is 35.5. The lowest BCUT2D eigenvalue weighted by Gasteiger charge is -2.55. The van der Waals surface area contributed by atoms with Crippen LogP contribution in [-0.4, -0.2) is 41.0 Å². The highest BCUT2D eigenvalue weighted by Crippen LogP contribution is 2.57. The number of benzene rings is 3. The minimum absolute atomic E-state index is 0.0407. The van der Waals surface area contributed by atoms with Gasteiger partial charge in [0.05, 0.1) is 6.04 Å².